The van der Waals surface area contributed by atoms with Crippen LogP contribution in [-0.2, 0) is 9.59 Å². The molecule has 29 heavy (non-hydrogen) atoms. The second kappa shape index (κ2) is 6.31. The maximum atomic E-state index is 13.6. The molecule has 1 heterocycles. The Balaban J connectivity index is 1.48. The Morgan fingerprint density at radius 2 is 1.59 bits per heavy atom. The first-order chi connectivity index (χ1) is 13.8. The predicted octanol–water partition coefficient (Wildman–Crippen LogP) is 3.41. The number of rotatable bonds is 3. The zero-order valence-electron chi connectivity index (χ0n) is 17.3. The van der Waals surface area contributed by atoms with Crippen molar-refractivity contribution in [3.05, 3.63) is 29.8 Å². The first kappa shape index (κ1) is 18.6. The Bertz CT molecular complexity index is 865. The lowest BCUT2D eigenvalue weighted by atomic mass is 9.53. The van der Waals surface area contributed by atoms with Crippen molar-refractivity contribution in [1.82, 2.24) is 10.0 Å². The molecule has 2 amide bonds. The molecule has 5 aliphatic rings. The molecule has 4 aliphatic carbocycles. The van der Waals surface area contributed by atoms with Gasteiger partial charge >= 0.3 is 5.97 Å². The molecule has 0 unspecified atom stereocenters. The number of hydrazine groups is 1. The van der Waals surface area contributed by atoms with Crippen molar-refractivity contribution in [1.29, 1.82) is 0 Å². The monoisotopic (exact) mass is 396 g/mol. The molecule has 6 rings (SSSR count). The fraction of sp³-hybridized carbons (Fsp3) is 0.609. The van der Waals surface area contributed by atoms with Crippen molar-refractivity contribution in [2.45, 2.75) is 64.5 Å². The number of ether oxygens (including phenoxy) is 1. The number of benzene rings is 1. The van der Waals surface area contributed by atoms with Crippen LogP contribution in [0, 0.1) is 23.7 Å². The van der Waals surface area contributed by atoms with Crippen LogP contribution >= 0.6 is 0 Å². The van der Waals surface area contributed by atoms with Crippen LogP contribution in [0.5, 0.6) is 5.75 Å². The highest BCUT2D eigenvalue weighted by Gasteiger charge is 2.62. The van der Waals surface area contributed by atoms with Crippen molar-refractivity contribution in [3.63, 3.8) is 0 Å². The van der Waals surface area contributed by atoms with E-state index in [1.807, 2.05) is 0 Å². The Hall–Kier alpha value is -2.37. The van der Waals surface area contributed by atoms with E-state index in [-0.39, 0.29) is 23.6 Å². The van der Waals surface area contributed by atoms with Gasteiger partial charge < -0.3 is 4.74 Å². The molecule has 0 aromatic heterocycles. The lowest BCUT2D eigenvalue weighted by Crippen LogP contribution is -2.80. The summed E-state index contributed by atoms with van der Waals surface area (Å²) < 4.78 is 5.27. The van der Waals surface area contributed by atoms with E-state index in [1.54, 1.807) is 48.1 Å². The molecular formula is C23H28N2O4. The molecule has 4 bridgehead atoms. The molecule has 1 aliphatic heterocycles. The largest absolute Gasteiger partial charge is 0.426 e. The number of carbonyl (C=O) groups excluding carboxylic acids is 3. The standard InChI is InChI=1S/C23H28N2O4/c1-13(26)29-19-7-5-4-6-18(19)21(27)25-23(2,3)22(28)24(25)20-16-9-14-8-15(11-16)12-17(20)10-14/h4-7,14-17,20H,8-12H2,1-3H3. The lowest BCUT2D eigenvalue weighted by molar-refractivity contribution is -0.230. The summed E-state index contributed by atoms with van der Waals surface area (Å²) in [6, 6.07) is 6.89. The van der Waals surface area contributed by atoms with Gasteiger partial charge in [0.15, 0.2) is 0 Å². The maximum Gasteiger partial charge on any atom is 0.308 e. The van der Waals surface area contributed by atoms with Crippen LogP contribution in [0.3, 0.4) is 0 Å². The molecule has 4 saturated carbocycles. The number of esters is 1. The Labute approximate surface area is 171 Å². The summed E-state index contributed by atoms with van der Waals surface area (Å²) in [5.74, 6) is 2.09. The van der Waals surface area contributed by atoms with Gasteiger partial charge in [0.05, 0.1) is 11.6 Å². The van der Waals surface area contributed by atoms with Crippen LogP contribution in [0.4, 0.5) is 0 Å². The Kier molecular flexibility index (Phi) is 4.06. The van der Waals surface area contributed by atoms with Gasteiger partial charge in [-0.2, -0.15) is 0 Å². The van der Waals surface area contributed by atoms with Crippen molar-refractivity contribution >= 4 is 17.8 Å². The molecule has 6 nitrogen and oxygen atoms in total. The normalized spacial score (nSPS) is 34.2. The van der Waals surface area contributed by atoms with Crippen LogP contribution in [-0.4, -0.2) is 39.4 Å². The summed E-state index contributed by atoms with van der Waals surface area (Å²) in [7, 11) is 0. The fourth-order valence-electron chi connectivity index (χ4n) is 6.60. The summed E-state index contributed by atoms with van der Waals surface area (Å²) in [4.78, 5) is 38.2. The zero-order chi connectivity index (χ0) is 20.5. The number of hydrogen-bond acceptors (Lipinski definition) is 4. The van der Waals surface area contributed by atoms with Gasteiger partial charge in [-0.3, -0.25) is 14.4 Å². The number of hydrogen-bond donors (Lipinski definition) is 0. The molecule has 154 valence electrons. The van der Waals surface area contributed by atoms with Gasteiger partial charge in [0, 0.05) is 6.92 Å². The third-order valence-electron chi connectivity index (χ3n) is 7.50. The first-order valence-electron chi connectivity index (χ1n) is 10.7. The van der Waals surface area contributed by atoms with Crippen molar-refractivity contribution in [3.8, 4) is 5.75 Å². The molecule has 0 N–H and O–H groups in total. The smallest absolute Gasteiger partial charge is 0.308 e. The van der Waals surface area contributed by atoms with E-state index in [2.05, 4.69) is 0 Å². The van der Waals surface area contributed by atoms with Crippen LogP contribution in [0.2, 0.25) is 0 Å². The molecule has 0 atom stereocenters. The molecule has 6 heteroatoms. The molecule has 0 spiro atoms. The van der Waals surface area contributed by atoms with Crippen LogP contribution < -0.4 is 4.74 Å². The topological polar surface area (TPSA) is 66.9 Å². The van der Waals surface area contributed by atoms with E-state index in [4.69, 9.17) is 4.74 Å². The van der Waals surface area contributed by atoms with Gasteiger partial charge in [-0.15, -0.1) is 0 Å². The Morgan fingerprint density at radius 3 is 2.17 bits per heavy atom. The second-order valence-electron chi connectivity index (χ2n) is 9.84. The van der Waals surface area contributed by atoms with Crippen molar-refractivity contribution in [2.75, 3.05) is 0 Å². The summed E-state index contributed by atoms with van der Waals surface area (Å²) in [5, 5.41) is 3.39. The minimum atomic E-state index is -0.894. The first-order valence-corrected chi connectivity index (χ1v) is 10.7. The minimum Gasteiger partial charge on any atom is -0.426 e. The third kappa shape index (κ3) is 2.71. The van der Waals surface area contributed by atoms with E-state index < -0.39 is 11.5 Å². The molecular weight excluding hydrogens is 368 g/mol. The highest BCUT2D eigenvalue weighted by Crippen LogP contribution is 2.57. The SMILES string of the molecule is CC(=O)Oc1ccccc1C(=O)N1N(C2C3CC4CC(C3)CC2C4)C(=O)C1(C)C. The number of para-hydroxylation sites is 1. The average molecular weight is 396 g/mol. The van der Waals surface area contributed by atoms with Crippen LogP contribution in [0.25, 0.3) is 0 Å². The quantitative estimate of drug-likeness (QED) is 0.580. The van der Waals surface area contributed by atoms with Crippen molar-refractivity contribution < 1.29 is 19.1 Å². The highest BCUT2D eigenvalue weighted by molar-refractivity contribution is 6.06. The molecule has 1 saturated heterocycles. The summed E-state index contributed by atoms with van der Waals surface area (Å²) in [6.45, 7) is 4.92. The third-order valence-corrected chi connectivity index (χ3v) is 7.50. The average Bonchev–Trinajstić information content (AvgIpc) is 2.65. The van der Waals surface area contributed by atoms with E-state index in [0.29, 0.717) is 17.4 Å². The Morgan fingerprint density at radius 1 is 1.00 bits per heavy atom. The second-order valence-corrected chi connectivity index (χ2v) is 9.84. The van der Waals surface area contributed by atoms with Gasteiger partial charge in [-0.25, -0.2) is 10.0 Å². The van der Waals surface area contributed by atoms with E-state index in [0.717, 1.165) is 11.8 Å². The highest BCUT2D eigenvalue weighted by atomic mass is 16.5. The zero-order valence-corrected chi connectivity index (χ0v) is 17.3. The fourth-order valence-corrected chi connectivity index (χ4v) is 6.60. The van der Waals surface area contributed by atoms with E-state index >= 15 is 0 Å². The van der Waals surface area contributed by atoms with Gasteiger partial charge in [-0.05, 0) is 81.8 Å². The minimum absolute atomic E-state index is 0.0216. The summed E-state index contributed by atoms with van der Waals surface area (Å²) >= 11 is 0. The van der Waals surface area contributed by atoms with Gasteiger partial charge in [0.1, 0.15) is 11.3 Å². The van der Waals surface area contributed by atoms with Gasteiger partial charge in [0.25, 0.3) is 11.8 Å². The molecule has 1 aromatic carbocycles. The molecule has 5 fully saturated rings. The van der Waals surface area contributed by atoms with E-state index in [9.17, 15) is 14.4 Å². The van der Waals surface area contributed by atoms with Gasteiger partial charge in [-0.1, -0.05) is 12.1 Å². The predicted molar refractivity (Wildman–Crippen MR) is 106 cm³/mol. The number of carbonyl (C=O) groups is 3. The number of nitrogens with zero attached hydrogens (tertiary/aromatic N) is 2. The molecule has 0 radical (unpaired) electrons. The summed E-state index contributed by atoms with van der Waals surface area (Å²) in [6.07, 6.45) is 6.04. The van der Waals surface area contributed by atoms with Crippen LogP contribution in [0.1, 0.15) is 63.2 Å². The van der Waals surface area contributed by atoms with E-state index in [1.165, 1.54) is 39.0 Å². The summed E-state index contributed by atoms with van der Waals surface area (Å²) in [5.41, 5.74) is -0.577. The van der Waals surface area contributed by atoms with Crippen LogP contribution in [0.15, 0.2) is 24.3 Å². The van der Waals surface area contributed by atoms with Gasteiger partial charge in [0.2, 0.25) is 0 Å². The maximum absolute atomic E-state index is 13.6. The van der Waals surface area contributed by atoms with Crippen molar-refractivity contribution in [2.24, 2.45) is 23.7 Å². The number of amides is 2. The molecule has 1 aromatic rings. The lowest BCUT2D eigenvalue weighted by Gasteiger charge is -2.65.